The first-order valence-electron chi connectivity index (χ1n) is 9.26. The number of ether oxygens (including phenoxy) is 1. The molecule has 1 aromatic heterocycles. The normalized spacial score (nSPS) is 17.5. The second-order valence-corrected chi connectivity index (χ2v) is 7.45. The van der Waals surface area contributed by atoms with Gasteiger partial charge in [0.05, 0.1) is 24.9 Å². The average Bonchev–Trinajstić information content (AvgIpc) is 3.15. The summed E-state index contributed by atoms with van der Waals surface area (Å²) < 4.78 is 5.36. The number of benzene rings is 2. The van der Waals surface area contributed by atoms with E-state index in [0.29, 0.717) is 5.02 Å². The smallest absolute Gasteiger partial charge is 0.121 e. The van der Waals surface area contributed by atoms with Crippen LogP contribution in [0.15, 0.2) is 48.5 Å². The van der Waals surface area contributed by atoms with Crippen molar-refractivity contribution in [3.63, 3.8) is 0 Å². The monoisotopic (exact) mass is 382 g/mol. The summed E-state index contributed by atoms with van der Waals surface area (Å²) in [6.07, 6.45) is 2.17. The van der Waals surface area contributed by atoms with Gasteiger partial charge in [-0.05, 0) is 55.3 Å². The van der Waals surface area contributed by atoms with Gasteiger partial charge in [-0.2, -0.15) is 0 Å². The van der Waals surface area contributed by atoms with E-state index < -0.39 is 0 Å². The van der Waals surface area contributed by atoms with Gasteiger partial charge >= 0.3 is 0 Å². The van der Waals surface area contributed by atoms with Gasteiger partial charge in [-0.1, -0.05) is 23.7 Å². The highest BCUT2D eigenvalue weighted by atomic mass is 35.5. The van der Waals surface area contributed by atoms with Crippen molar-refractivity contribution in [1.82, 2.24) is 9.88 Å². The number of halogens is 1. The average molecular weight is 383 g/mol. The fraction of sp³-hybridized carbons (Fsp3) is 0.318. The number of hydrogen-bond donors (Lipinski definition) is 1. The second-order valence-electron chi connectivity index (χ2n) is 7.01. The lowest BCUT2D eigenvalue weighted by Crippen LogP contribution is -2.31. The molecule has 1 aliphatic heterocycles. The second kappa shape index (κ2) is 7.85. The van der Waals surface area contributed by atoms with Gasteiger partial charge in [-0.25, -0.2) is 4.98 Å². The van der Waals surface area contributed by atoms with E-state index in [1.807, 2.05) is 42.5 Å². The molecule has 2 aromatic carbocycles. The number of pyridine rings is 1. The van der Waals surface area contributed by atoms with Crippen molar-refractivity contribution in [3.8, 4) is 17.0 Å². The zero-order valence-electron chi connectivity index (χ0n) is 15.4. The van der Waals surface area contributed by atoms with E-state index in [1.165, 1.54) is 0 Å². The van der Waals surface area contributed by atoms with Crippen molar-refractivity contribution < 1.29 is 9.84 Å². The number of nitrogens with zero attached hydrogens (tertiary/aromatic N) is 2. The highest BCUT2D eigenvalue weighted by molar-refractivity contribution is 6.30. The number of rotatable bonds is 5. The maximum Gasteiger partial charge on any atom is 0.121 e. The van der Waals surface area contributed by atoms with E-state index in [0.717, 1.165) is 59.4 Å². The molecule has 5 heteroatoms. The first-order chi connectivity index (χ1) is 13.2. The topological polar surface area (TPSA) is 45.6 Å². The molecule has 4 rings (SSSR count). The van der Waals surface area contributed by atoms with Crippen molar-refractivity contribution in [1.29, 1.82) is 0 Å². The molecule has 4 nitrogen and oxygen atoms in total. The molecule has 0 amide bonds. The van der Waals surface area contributed by atoms with Crippen LogP contribution in [0.25, 0.3) is 22.2 Å². The Morgan fingerprint density at radius 3 is 2.74 bits per heavy atom. The van der Waals surface area contributed by atoms with Gasteiger partial charge in [-0.15, -0.1) is 0 Å². The molecule has 1 fully saturated rings. The Kier molecular flexibility index (Phi) is 5.30. The Bertz CT molecular complexity index is 943. The molecule has 1 aliphatic rings. The van der Waals surface area contributed by atoms with E-state index in [-0.39, 0.29) is 12.6 Å². The van der Waals surface area contributed by atoms with Crippen LogP contribution in [0, 0.1) is 0 Å². The Balaban J connectivity index is 1.81. The molecule has 140 valence electrons. The molecular formula is C22H23ClN2O2. The minimum absolute atomic E-state index is 0.203. The van der Waals surface area contributed by atoms with Crippen molar-refractivity contribution in [3.05, 3.63) is 59.1 Å². The van der Waals surface area contributed by atoms with Gasteiger partial charge in [0, 0.05) is 34.6 Å². The minimum atomic E-state index is 0.203. The molecule has 0 radical (unpaired) electrons. The van der Waals surface area contributed by atoms with Gasteiger partial charge < -0.3 is 9.84 Å². The molecule has 0 aliphatic carbocycles. The summed E-state index contributed by atoms with van der Waals surface area (Å²) >= 11 is 6.08. The maximum absolute atomic E-state index is 9.67. The summed E-state index contributed by atoms with van der Waals surface area (Å²) in [4.78, 5) is 7.32. The predicted molar refractivity (Wildman–Crippen MR) is 109 cm³/mol. The fourth-order valence-corrected chi connectivity index (χ4v) is 3.95. The van der Waals surface area contributed by atoms with Crippen LogP contribution >= 0.6 is 11.6 Å². The van der Waals surface area contributed by atoms with Crippen molar-refractivity contribution in [2.45, 2.75) is 25.4 Å². The van der Waals surface area contributed by atoms with Crippen LogP contribution in [0.1, 0.15) is 18.4 Å². The third-order valence-electron chi connectivity index (χ3n) is 5.30. The lowest BCUT2D eigenvalue weighted by Gasteiger charge is -2.24. The SMILES string of the molecule is COc1ccc2cc(CN3CCC[C@H]3CO)c(-c3ccc(Cl)cc3)nc2c1. The van der Waals surface area contributed by atoms with Gasteiger partial charge in [0.2, 0.25) is 0 Å². The Hall–Kier alpha value is -2.14. The summed E-state index contributed by atoms with van der Waals surface area (Å²) in [5.74, 6) is 0.796. The molecule has 1 N–H and O–H groups in total. The Labute approximate surface area is 164 Å². The molecule has 1 atom stereocenters. The summed E-state index contributed by atoms with van der Waals surface area (Å²) in [5, 5.41) is 11.5. The number of methoxy groups -OCH3 is 1. The Morgan fingerprint density at radius 1 is 1.19 bits per heavy atom. The first kappa shape index (κ1) is 18.2. The first-order valence-corrected chi connectivity index (χ1v) is 9.64. The van der Waals surface area contributed by atoms with Gasteiger partial charge in [0.25, 0.3) is 0 Å². The van der Waals surface area contributed by atoms with Gasteiger partial charge in [0.15, 0.2) is 0 Å². The van der Waals surface area contributed by atoms with Crippen molar-refractivity contribution in [2.75, 3.05) is 20.3 Å². The van der Waals surface area contributed by atoms with E-state index in [9.17, 15) is 5.11 Å². The van der Waals surface area contributed by atoms with E-state index in [1.54, 1.807) is 7.11 Å². The fourth-order valence-electron chi connectivity index (χ4n) is 3.82. The van der Waals surface area contributed by atoms with Gasteiger partial charge in [-0.3, -0.25) is 4.90 Å². The molecule has 0 unspecified atom stereocenters. The summed E-state index contributed by atoms with van der Waals surface area (Å²) in [5.41, 5.74) is 4.06. The molecule has 0 bridgehead atoms. The van der Waals surface area contributed by atoms with E-state index in [4.69, 9.17) is 21.3 Å². The molecular weight excluding hydrogens is 360 g/mol. The number of fused-ring (bicyclic) bond motifs is 1. The number of aliphatic hydroxyl groups excluding tert-OH is 1. The van der Waals surface area contributed by atoms with E-state index in [2.05, 4.69) is 11.0 Å². The number of aromatic nitrogens is 1. The molecule has 1 saturated heterocycles. The minimum Gasteiger partial charge on any atom is -0.497 e. The highest BCUT2D eigenvalue weighted by Crippen LogP contribution is 2.31. The van der Waals surface area contributed by atoms with Gasteiger partial charge in [0.1, 0.15) is 5.75 Å². The number of likely N-dealkylation sites (tertiary alicyclic amines) is 1. The van der Waals surface area contributed by atoms with E-state index >= 15 is 0 Å². The van der Waals surface area contributed by atoms with Crippen molar-refractivity contribution >= 4 is 22.5 Å². The molecule has 0 spiro atoms. The highest BCUT2D eigenvalue weighted by Gasteiger charge is 2.25. The molecule has 0 saturated carbocycles. The third-order valence-corrected chi connectivity index (χ3v) is 5.56. The summed E-state index contributed by atoms with van der Waals surface area (Å²) in [6.45, 7) is 1.98. The summed E-state index contributed by atoms with van der Waals surface area (Å²) in [6, 6.07) is 16.2. The molecule has 2 heterocycles. The lowest BCUT2D eigenvalue weighted by atomic mass is 10.0. The number of hydrogen-bond acceptors (Lipinski definition) is 4. The third kappa shape index (κ3) is 3.79. The van der Waals surface area contributed by atoms with Crippen LogP contribution in [0.4, 0.5) is 0 Å². The van der Waals surface area contributed by atoms with Crippen LogP contribution in [0.3, 0.4) is 0 Å². The summed E-state index contributed by atoms with van der Waals surface area (Å²) in [7, 11) is 1.66. The van der Waals surface area contributed by atoms with Crippen LogP contribution < -0.4 is 4.74 Å². The van der Waals surface area contributed by atoms with Crippen LogP contribution in [0.2, 0.25) is 5.02 Å². The molecule has 3 aromatic rings. The zero-order valence-corrected chi connectivity index (χ0v) is 16.1. The quantitative estimate of drug-likeness (QED) is 0.704. The van der Waals surface area contributed by atoms with Crippen LogP contribution in [-0.4, -0.2) is 41.3 Å². The van der Waals surface area contributed by atoms with Crippen LogP contribution in [0.5, 0.6) is 5.75 Å². The lowest BCUT2D eigenvalue weighted by molar-refractivity contribution is 0.153. The number of aliphatic hydroxyl groups is 1. The molecule has 27 heavy (non-hydrogen) atoms. The standard InChI is InChI=1S/C22H23ClN2O2/c1-27-20-9-6-16-11-17(13-25-10-2-3-19(25)14-26)22(24-21(16)12-20)15-4-7-18(23)8-5-15/h4-9,11-12,19,26H,2-3,10,13-14H2,1H3/t19-/m0/s1. The Morgan fingerprint density at radius 2 is 2.00 bits per heavy atom. The maximum atomic E-state index is 9.67. The van der Waals surface area contributed by atoms with Crippen LogP contribution in [-0.2, 0) is 6.54 Å². The zero-order chi connectivity index (χ0) is 18.8. The predicted octanol–water partition coefficient (Wildman–Crippen LogP) is 4.52. The van der Waals surface area contributed by atoms with Crippen molar-refractivity contribution in [2.24, 2.45) is 0 Å². The largest absolute Gasteiger partial charge is 0.497 e.